The van der Waals surface area contributed by atoms with Crippen LogP contribution in [-0.4, -0.2) is 65.6 Å². The van der Waals surface area contributed by atoms with Gasteiger partial charge in [-0.05, 0) is 25.2 Å². The molecule has 25 heavy (non-hydrogen) atoms. The van der Waals surface area contributed by atoms with Gasteiger partial charge in [-0.3, -0.25) is 9.69 Å². The summed E-state index contributed by atoms with van der Waals surface area (Å²) >= 11 is 3.38. The zero-order chi connectivity index (χ0) is 16.4. The van der Waals surface area contributed by atoms with Crippen LogP contribution in [0.5, 0.6) is 5.88 Å². The molecule has 0 unspecified atom stereocenters. The summed E-state index contributed by atoms with van der Waals surface area (Å²) in [6.45, 7) is 3.85. The van der Waals surface area contributed by atoms with Crippen LogP contribution in [0.15, 0.2) is 32.9 Å². The predicted octanol–water partition coefficient (Wildman–Crippen LogP) is 3.34. The fourth-order valence-electron chi connectivity index (χ4n) is 2.57. The number of amides is 1. The van der Waals surface area contributed by atoms with E-state index < -0.39 is 0 Å². The first-order valence-electron chi connectivity index (χ1n) is 7.38. The number of carbonyl (C=O) groups is 1. The van der Waals surface area contributed by atoms with Gasteiger partial charge in [0.1, 0.15) is 0 Å². The minimum absolute atomic E-state index is 0. The van der Waals surface area contributed by atoms with Crippen molar-refractivity contribution in [3.8, 4) is 5.88 Å². The highest BCUT2D eigenvalue weighted by Gasteiger charge is 2.17. The molecule has 2 heterocycles. The number of aromatic nitrogens is 1. The van der Waals surface area contributed by atoms with E-state index in [1.54, 1.807) is 0 Å². The molecule has 0 radical (unpaired) electrons. The lowest BCUT2D eigenvalue weighted by Crippen LogP contribution is -2.46. The molecule has 0 aliphatic carbocycles. The molecule has 2 aromatic rings. The monoisotopic (exact) mass is 451 g/mol. The first kappa shape index (κ1) is 21.9. The second-order valence-corrected chi connectivity index (χ2v) is 6.60. The maximum Gasteiger partial charge on any atom is 0.278 e. The van der Waals surface area contributed by atoms with Gasteiger partial charge in [-0.25, -0.2) is 0 Å². The van der Waals surface area contributed by atoms with E-state index in [1.807, 2.05) is 18.2 Å². The van der Waals surface area contributed by atoms with E-state index in [0.717, 1.165) is 36.2 Å². The average Bonchev–Trinajstić information content (AvgIpc) is 2.82. The number of aromatic amines is 1. The standard InChI is InChI=1S/C15H18BrN5O2.2ClH/c1-20-4-6-21(7-5-20)9-13(22)18-19-14-11-8-10(16)2-3-12(11)17-15(14)23;;/h2-3,8,17,23H,4-7,9H2,1H3;2*1H. The summed E-state index contributed by atoms with van der Waals surface area (Å²) in [5.41, 5.74) is 1.03. The first-order valence-corrected chi connectivity index (χ1v) is 8.18. The van der Waals surface area contributed by atoms with Gasteiger partial charge in [0.25, 0.3) is 5.91 Å². The summed E-state index contributed by atoms with van der Waals surface area (Å²) in [5, 5.41) is 18.4. The number of H-pyrrole nitrogens is 1. The zero-order valence-corrected chi connectivity index (χ0v) is 16.8. The summed E-state index contributed by atoms with van der Waals surface area (Å²) in [6, 6.07) is 5.51. The number of nitrogens with zero attached hydrogens (tertiary/aromatic N) is 4. The number of nitrogens with one attached hydrogen (secondary N) is 1. The fraction of sp³-hybridized carbons (Fsp3) is 0.400. The Bertz CT molecular complexity index is 760. The molecule has 3 rings (SSSR count). The van der Waals surface area contributed by atoms with Crippen LogP contribution in [0.1, 0.15) is 0 Å². The third kappa shape index (κ3) is 5.39. The maximum absolute atomic E-state index is 12.0. The smallest absolute Gasteiger partial charge is 0.278 e. The van der Waals surface area contributed by atoms with Crippen molar-refractivity contribution in [1.29, 1.82) is 0 Å². The number of likely N-dealkylation sites (N-methyl/N-ethyl adjacent to an activating group) is 1. The Balaban J connectivity index is 0.00000156. The Labute approximate surface area is 166 Å². The molecule has 7 nitrogen and oxygen atoms in total. The molecule has 2 N–H and O–H groups in total. The van der Waals surface area contributed by atoms with Crippen molar-refractivity contribution >= 4 is 63.2 Å². The molecule has 1 amide bonds. The summed E-state index contributed by atoms with van der Waals surface area (Å²) in [6.07, 6.45) is 0. The van der Waals surface area contributed by atoms with Crippen molar-refractivity contribution in [2.24, 2.45) is 10.2 Å². The number of rotatable bonds is 3. The van der Waals surface area contributed by atoms with Gasteiger partial charge in [-0.1, -0.05) is 15.9 Å². The molecule has 138 valence electrons. The van der Waals surface area contributed by atoms with Crippen LogP contribution >= 0.6 is 40.7 Å². The van der Waals surface area contributed by atoms with Gasteiger partial charge < -0.3 is 15.0 Å². The number of halogens is 3. The van der Waals surface area contributed by atoms with Crippen molar-refractivity contribution in [2.45, 2.75) is 0 Å². The summed E-state index contributed by atoms with van der Waals surface area (Å²) in [5.74, 6) is -0.396. The van der Waals surface area contributed by atoms with Crippen LogP contribution in [0.2, 0.25) is 0 Å². The van der Waals surface area contributed by atoms with Crippen molar-refractivity contribution in [1.82, 2.24) is 14.8 Å². The van der Waals surface area contributed by atoms with Gasteiger partial charge in [-0.2, -0.15) is 0 Å². The number of hydrogen-bond donors (Lipinski definition) is 2. The highest BCUT2D eigenvalue weighted by molar-refractivity contribution is 9.10. The summed E-state index contributed by atoms with van der Waals surface area (Å²) in [7, 11) is 2.07. The Morgan fingerprint density at radius 1 is 1.28 bits per heavy atom. The van der Waals surface area contributed by atoms with Crippen LogP contribution in [0.25, 0.3) is 10.9 Å². The van der Waals surface area contributed by atoms with Crippen LogP contribution in [-0.2, 0) is 4.79 Å². The highest BCUT2D eigenvalue weighted by atomic mass is 79.9. The van der Waals surface area contributed by atoms with Gasteiger partial charge in [0.15, 0.2) is 5.69 Å². The van der Waals surface area contributed by atoms with E-state index in [4.69, 9.17) is 0 Å². The number of carbonyl (C=O) groups excluding carboxylic acids is 1. The van der Waals surface area contributed by atoms with Gasteiger partial charge >= 0.3 is 0 Å². The van der Waals surface area contributed by atoms with Gasteiger partial charge in [0.2, 0.25) is 5.88 Å². The molecule has 10 heteroatoms. The Hall–Kier alpha value is -1.19. The largest absolute Gasteiger partial charge is 0.493 e. The molecule has 1 aromatic heterocycles. The molecule has 0 atom stereocenters. The van der Waals surface area contributed by atoms with E-state index >= 15 is 0 Å². The molecule has 1 saturated heterocycles. The third-order valence-electron chi connectivity index (χ3n) is 3.93. The lowest BCUT2D eigenvalue weighted by Gasteiger charge is -2.31. The Morgan fingerprint density at radius 3 is 2.64 bits per heavy atom. The Kier molecular flexibility index (Phi) is 8.30. The van der Waals surface area contributed by atoms with Crippen LogP contribution < -0.4 is 0 Å². The van der Waals surface area contributed by atoms with Crippen LogP contribution in [0.3, 0.4) is 0 Å². The SMILES string of the molecule is CN1CCN(CC(=O)N=Nc2c(O)[nH]c3ccc(Br)cc23)CC1.Cl.Cl. The number of fused-ring (bicyclic) bond motifs is 1. The third-order valence-corrected chi connectivity index (χ3v) is 4.42. The normalized spacial score (nSPS) is 15.9. The predicted molar refractivity (Wildman–Crippen MR) is 106 cm³/mol. The number of benzene rings is 1. The average molecular weight is 453 g/mol. The van der Waals surface area contributed by atoms with Crippen molar-refractivity contribution in [3.63, 3.8) is 0 Å². The minimum Gasteiger partial charge on any atom is -0.493 e. The van der Waals surface area contributed by atoms with E-state index in [1.165, 1.54) is 0 Å². The van der Waals surface area contributed by atoms with Gasteiger partial charge in [0, 0.05) is 36.0 Å². The first-order chi connectivity index (χ1) is 11.0. The highest BCUT2D eigenvalue weighted by Crippen LogP contribution is 2.36. The molecular formula is C15H20BrCl2N5O2. The topological polar surface area (TPSA) is 84.3 Å². The number of azo groups is 1. The van der Waals surface area contributed by atoms with Crippen molar-refractivity contribution in [2.75, 3.05) is 39.8 Å². The lowest BCUT2D eigenvalue weighted by atomic mass is 10.2. The van der Waals surface area contributed by atoms with Gasteiger partial charge in [0.05, 0.1) is 12.1 Å². The lowest BCUT2D eigenvalue weighted by molar-refractivity contribution is -0.119. The van der Waals surface area contributed by atoms with Crippen molar-refractivity contribution < 1.29 is 9.90 Å². The zero-order valence-electron chi connectivity index (χ0n) is 13.6. The number of aromatic hydroxyl groups is 1. The molecule has 0 bridgehead atoms. The molecular weight excluding hydrogens is 433 g/mol. The molecule has 1 fully saturated rings. The van der Waals surface area contributed by atoms with Gasteiger partial charge in [-0.15, -0.1) is 35.0 Å². The number of hydrogen-bond acceptors (Lipinski definition) is 5. The quantitative estimate of drug-likeness (QED) is 0.699. The Morgan fingerprint density at radius 2 is 1.96 bits per heavy atom. The molecule has 1 aliphatic heterocycles. The van der Waals surface area contributed by atoms with E-state index in [0.29, 0.717) is 5.39 Å². The molecule has 0 spiro atoms. The summed E-state index contributed by atoms with van der Waals surface area (Å²) in [4.78, 5) is 19.1. The van der Waals surface area contributed by atoms with Crippen molar-refractivity contribution in [3.05, 3.63) is 22.7 Å². The van der Waals surface area contributed by atoms with E-state index in [9.17, 15) is 9.90 Å². The van der Waals surface area contributed by atoms with Crippen LogP contribution in [0.4, 0.5) is 5.69 Å². The molecule has 1 aliphatic rings. The van der Waals surface area contributed by atoms with E-state index in [2.05, 4.69) is 48.0 Å². The molecule has 0 saturated carbocycles. The second-order valence-electron chi connectivity index (χ2n) is 5.69. The van der Waals surface area contributed by atoms with Crippen LogP contribution in [0, 0.1) is 0 Å². The maximum atomic E-state index is 12.0. The number of piperazine rings is 1. The van der Waals surface area contributed by atoms with E-state index in [-0.39, 0.29) is 48.8 Å². The summed E-state index contributed by atoms with van der Waals surface area (Å²) < 4.78 is 0.865. The minimum atomic E-state index is -0.307. The molecule has 1 aromatic carbocycles. The second kappa shape index (κ2) is 9.49. The fourth-order valence-corrected chi connectivity index (χ4v) is 2.93.